The Hall–Kier alpha value is -2.34. The van der Waals surface area contributed by atoms with Crippen molar-refractivity contribution in [3.05, 3.63) is 75.4 Å². The van der Waals surface area contributed by atoms with Crippen LogP contribution in [0.25, 0.3) is 0 Å². The van der Waals surface area contributed by atoms with Crippen LogP contribution < -0.4 is 10.6 Å². The Balaban J connectivity index is 2.07. The Morgan fingerprint density at radius 3 is 2.34 bits per heavy atom. The van der Waals surface area contributed by atoms with Gasteiger partial charge in [0.05, 0.1) is 5.02 Å². The minimum atomic E-state index is -0.0481. The number of halogens is 2. The van der Waals surface area contributed by atoms with Gasteiger partial charge in [0.15, 0.2) is 0 Å². The van der Waals surface area contributed by atoms with Crippen molar-refractivity contribution in [3.63, 3.8) is 0 Å². The molecule has 1 saturated heterocycles. The number of amidine groups is 1. The van der Waals surface area contributed by atoms with Crippen LogP contribution in [0.3, 0.4) is 0 Å². The monoisotopic (exact) mass is 472 g/mol. The van der Waals surface area contributed by atoms with Crippen LogP contribution >= 0.6 is 23.2 Å². The fourth-order valence-corrected chi connectivity index (χ4v) is 3.78. The highest BCUT2D eigenvalue weighted by Gasteiger charge is 2.24. The molecular formula is C25H30Cl2N4O. The molecule has 0 bridgehead atoms. The molecule has 7 heteroatoms. The zero-order valence-corrected chi connectivity index (χ0v) is 20.3. The number of benzene rings is 2. The van der Waals surface area contributed by atoms with Crippen molar-refractivity contribution in [1.82, 2.24) is 10.2 Å². The maximum atomic E-state index is 13.4. The molecule has 0 radical (unpaired) electrons. The number of nitrogens with zero attached hydrogens (tertiary/aromatic N) is 2. The molecular weight excluding hydrogens is 443 g/mol. The summed E-state index contributed by atoms with van der Waals surface area (Å²) in [5, 5.41) is 7.93. The zero-order valence-electron chi connectivity index (χ0n) is 18.8. The highest BCUT2D eigenvalue weighted by molar-refractivity contribution is 6.35. The van der Waals surface area contributed by atoms with E-state index in [4.69, 9.17) is 28.2 Å². The van der Waals surface area contributed by atoms with Crippen molar-refractivity contribution in [2.75, 3.05) is 25.0 Å². The molecule has 5 nitrogen and oxygen atoms in total. The second-order valence-corrected chi connectivity index (χ2v) is 9.08. The SMILES string of the molecule is C/C(CNC(C)C)=C(\N=C(Nc1ccc(Cl)cc1)c1ccccc1Cl)C(=O)N1CCCC1. The van der Waals surface area contributed by atoms with Crippen LogP contribution in [0.1, 0.15) is 39.2 Å². The molecule has 0 unspecified atom stereocenters. The topological polar surface area (TPSA) is 56.7 Å². The van der Waals surface area contributed by atoms with E-state index < -0.39 is 0 Å². The number of likely N-dealkylation sites (tertiary alicyclic amines) is 1. The average molecular weight is 473 g/mol. The van der Waals surface area contributed by atoms with Gasteiger partial charge in [-0.25, -0.2) is 4.99 Å². The molecule has 0 aliphatic carbocycles. The maximum Gasteiger partial charge on any atom is 0.272 e. The number of anilines is 1. The zero-order chi connectivity index (χ0) is 23.1. The van der Waals surface area contributed by atoms with Crippen molar-refractivity contribution in [2.24, 2.45) is 4.99 Å². The summed E-state index contributed by atoms with van der Waals surface area (Å²) in [6.45, 7) is 8.20. The van der Waals surface area contributed by atoms with Crippen LogP contribution in [0.5, 0.6) is 0 Å². The molecule has 2 aromatic rings. The second-order valence-electron chi connectivity index (χ2n) is 8.24. The van der Waals surface area contributed by atoms with E-state index in [0.29, 0.717) is 34.2 Å². The van der Waals surface area contributed by atoms with Crippen LogP contribution in [0, 0.1) is 0 Å². The van der Waals surface area contributed by atoms with Crippen LogP contribution in [0.4, 0.5) is 5.69 Å². The van der Waals surface area contributed by atoms with Crippen LogP contribution in [-0.2, 0) is 4.79 Å². The normalized spacial score (nSPS) is 15.2. The average Bonchev–Trinajstić information content (AvgIpc) is 3.31. The standard InChI is InChI=1S/C25H30Cl2N4O/c1-17(2)28-16-18(3)23(25(32)31-14-6-7-15-31)30-24(21-8-4-5-9-22(21)27)29-20-12-10-19(26)11-13-20/h4-5,8-13,17,28H,6-7,14-16H2,1-3H3,(H,29,30)/b23-18+. The molecule has 1 heterocycles. The third-order valence-corrected chi connectivity index (χ3v) is 5.82. The first-order valence-electron chi connectivity index (χ1n) is 10.9. The van der Waals surface area contributed by atoms with E-state index in [9.17, 15) is 4.79 Å². The lowest BCUT2D eigenvalue weighted by molar-refractivity contribution is -0.126. The molecule has 1 amide bonds. The highest BCUT2D eigenvalue weighted by atomic mass is 35.5. The first kappa shape index (κ1) is 24.3. The first-order chi connectivity index (χ1) is 15.3. The maximum absolute atomic E-state index is 13.4. The van der Waals surface area contributed by atoms with Gasteiger partial charge in [0.2, 0.25) is 0 Å². The molecule has 32 heavy (non-hydrogen) atoms. The molecule has 2 aromatic carbocycles. The molecule has 0 atom stereocenters. The molecule has 0 saturated carbocycles. The lowest BCUT2D eigenvalue weighted by Gasteiger charge is -2.20. The number of carbonyl (C=O) groups excluding carboxylic acids is 1. The molecule has 0 aromatic heterocycles. The summed E-state index contributed by atoms with van der Waals surface area (Å²) < 4.78 is 0. The third-order valence-electron chi connectivity index (χ3n) is 5.24. The fraction of sp³-hybridized carbons (Fsp3) is 0.360. The molecule has 1 aliphatic heterocycles. The van der Waals surface area contributed by atoms with Gasteiger partial charge in [-0.3, -0.25) is 4.79 Å². The van der Waals surface area contributed by atoms with Crippen LogP contribution in [0.15, 0.2) is 64.8 Å². The predicted molar refractivity (Wildman–Crippen MR) is 135 cm³/mol. The molecule has 2 N–H and O–H groups in total. The van der Waals surface area contributed by atoms with Gasteiger partial charge in [0, 0.05) is 41.9 Å². The quantitative estimate of drug-likeness (QED) is 0.306. The van der Waals surface area contributed by atoms with Gasteiger partial charge in [-0.1, -0.05) is 49.2 Å². The minimum absolute atomic E-state index is 0.0481. The summed E-state index contributed by atoms with van der Waals surface area (Å²) >= 11 is 12.6. The lowest BCUT2D eigenvalue weighted by Crippen LogP contribution is -2.32. The number of amides is 1. The van der Waals surface area contributed by atoms with Crippen molar-refractivity contribution < 1.29 is 4.79 Å². The van der Waals surface area contributed by atoms with Gasteiger partial charge in [0.1, 0.15) is 11.5 Å². The van der Waals surface area contributed by atoms with Gasteiger partial charge in [-0.2, -0.15) is 0 Å². The Morgan fingerprint density at radius 2 is 1.72 bits per heavy atom. The molecule has 3 rings (SSSR count). The number of aliphatic imine (C=N–C) groups is 1. The van der Waals surface area contributed by atoms with Gasteiger partial charge in [-0.05, 0) is 61.7 Å². The summed E-state index contributed by atoms with van der Waals surface area (Å²) in [6.07, 6.45) is 2.04. The minimum Gasteiger partial charge on any atom is -0.340 e. The Labute approximate surface area is 200 Å². The summed E-state index contributed by atoms with van der Waals surface area (Å²) in [7, 11) is 0. The summed E-state index contributed by atoms with van der Waals surface area (Å²) in [5.41, 5.74) is 2.86. The van der Waals surface area contributed by atoms with E-state index >= 15 is 0 Å². The predicted octanol–water partition coefficient (Wildman–Crippen LogP) is 5.75. The van der Waals surface area contributed by atoms with Crippen molar-refractivity contribution in [2.45, 2.75) is 39.7 Å². The van der Waals surface area contributed by atoms with E-state index in [1.54, 1.807) is 12.1 Å². The highest BCUT2D eigenvalue weighted by Crippen LogP contribution is 2.22. The van der Waals surface area contributed by atoms with Gasteiger partial charge in [-0.15, -0.1) is 0 Å². The van der Waals surface area contributed by atoms with E-state index in [1.807, 2.05) is 48.2 Å². The number of hydrogen-bond donors (Lipinski definition) is 2. The number of hydrogen-bond acceptors (Lipinski definition) is 3. The van der Waals surface area contributed by atoms with Crippen molar-refractivity contribution in [3.8, 4) is 0 Å². The van der Waals surface area contributed by atoms with Crippen molar-refractivity contribution >= 4 is 40.6 Å². The van der Waals surface area contributed by atoms with Gasteiger partial charge < -0.3 is 15.5 Å². The second kappa shape index (κ2) is 11.5. The van der Waals surface area contributed by atoms with E-state index in [0.717, 1.165) is 42.8 Å². The van der Waals surface area contributed by atoms with Crippen LogP contribution in [-0.4, -0.2) is 42.3 Å². The molecule has 170 valence electrons. The smallest absolute Gasteiger partial charge is 0.272 e. The third kappa shape index (κ3) is 6.58. The molecule has 1 fully saturated rings. The van der Waals surface area contributed by atoms with Gasteiger partial charge >= 0.3 is 0 Å². The largest absolute Gasteiger partial charge is 0.340 e. The van der Waals surface area contributed by atoms with E-state index in [1.165, 1.54) is 0 Å². The fourth-order valence-electron chi connectivity index (χ4n) is 3.43. The lowest BCUT2D eigenvalue weighted by atomic mass is 10.1. The Kier molecular flexibility index (Phi) is 8.74. The van der Waals surface area contributed by atoms with Crippen molar-refractivity contribution in [1.29, 1.82) is 0 Å². The molecule has 0 spiro atoms. The summed E-state index contributed by atoms with van der Waals surface area (Å²) in [4.78, 5) is 20.2. The number of nitrogens with one attached hydrogen (secondary N) is 2. The number of rotatable bonds is 7. The van der Waals surface area contributed by atoms with E-state index in [-0.39, 0.29) is 5.91 Å². The summed E-state index contributed by atoms with van der Waals surface area (Å²) in [6, 6.07) is 15.1. The van der Waals surface area contributed by atoms with Gasteiger partial charge in [0.25, 0.3) is 5.91 Å². The molecule has 1 aliphatic rings. The number of carbonyl (C=O) groups is 1. The van der Waals surface area contributed by atoms with Crippen LogP contribution in [0.2, 0.25) is 10.0 Å². The Morgan fingerprint density at radius 1 is 1.06 bits per heavy atom. The van der Waals surface area contributed by atoms with E-state index in [2.05, 4.69) is 24.5 Å². The Bertz CT molecular complexity index is 993. The summed E-state index contributed by atoms with van der Waals surface area (Å²) in [5.74, 6) is 0.470. The first-order valence-corrected chi connectivity index (χ1v) is 11.7.